The Hall–Kier alpha value is -2.44. The Morgan fingerprint density at radius 1 is 1.11 bits per heavy atom. The normalized spacial score (nSPS) is 12.4. The maximum atomic E-state index is 12.9. The Labute approximate surface area is 171 Å². The molecule has 0 saturated carbocycles. The highest BCUT2D eigenvalue weighted by molar-refractivity contribution is 5.86. The molecule has 0 aromatic heterocycles. The van der Waals surface area contributed by atoms with Crippen LogP contribution >= 0.6 is 12.4 Å². The van der Waals surface area contributed by atoms with Crippen LogP contribution in [0.5, 0.6) is 0 Å². The van der Waals surface area contributed by atoms with E-state index in [0.717, 1.165) is 11.1 Å². The number of likely N-dealkylation sites (N-methyl/N-ethyl adjacent to an activating group) is 1. The van der Waals surface area contributed by atoms with Crippen LogP contribution in [0.4, 0.5) is 4.39 Å². The van der Waals surface area contributed by atoms with Crippen LogP contribution in [0.1, 0.15) is 31.0 Å². The van der Waals surface area contributed by atoms with Crippen LogP contribution in [0.25, 0.3) is 0 Å². The van der Waals surface area contributed by atoms with Gasteiger partial charge in [-0.1, -0.05) is 49.4 Å². The van der Waals surface area contributed by atoms with Crippen LogP contribution in [0.15, 0.2) is 54.6 Å². The molecule has 2 aromatic carbocycles. The Balaban J connectivity index is 0.00000392. The first-order chi connectivity index (χ1) is 12.9. The lowest BCUT2D eigenvalue weighted by molar-refractivity contribution is -0.139. The molecule has 0 spiro atoms. The summed E-state index contributed by atoms with van der Waals surface area (Å²) >= 11 is 0. The number of nitrogens with two attached hydrogens (primary N) is 1. The van der Waals surface area contributed by atoms with Crippen molar-refractivity contribution in [2.24, 2.45) is 11.7 Å². The van der Waals surface area contributed by atoms with E-state index < -0.39 is 12.0 Å². The van der Waals surface area contributed by atoms with Crippen molar-refractivity contribution in [3.63, 3.8) is 0 Å². The molecule has 2 aromatic rings. The Morgan fingerprint density at radius 3 is 2.29 bits per heavy atom. The van der Waals surface area contributed by atoms with E-state index in [1.165, 1.54) is 17.0 Å². The van der Waals surface area contributed by atoms with Gasteiger partial charge in [0.05, 0.1) is 12.5 Å². The van der Waals surface area contributed by atoms with E-state index in [9.17, 15) is 14.0 Å². The summed E-state index contributed by atoms with van der Waals surface area (Å²) in [6.07, 6.45) is 0. The molecule has 5 nitrogen and oxygen atoms in total. The molecule has 0 saturated heterocycles. The lowest BCUT2D eigenvalue weighted by Crippen LogP contribution is -2.44. The minimum absolute atomic E-state index is 0. The summed E-state index contributed by atoms with van der Waals surface area (Å²) in [6.45, 7) is 4.26. The zero-order valence-electron chi connectivity index (χ0n) is 16.1. The average Bonchev–Trinajstić information content (AvgIpc) is 2.70. The van der Waals surface area contributed by atoms with Crippen molar-refractivity contribution in [1.29, 1.82) is 0 Å². The molecule has 0 heterocycles. The second-order valence-electron chi connectivity index (χ2n) is 6.48. The van der Waals surface area contributed by atoms with Gasteiger partial charge < -0.3 is 16.0 Å². The largest absolute Gasteiger partial charge is 0.350 e. The van der Waals surface area contributed by atoms with Gasteiger partial charge >= 0.3 is 0 Å². The van der Waals surface area contributed by atoms with Gasteiger partial charge in [0.15, 0.2) is 0 Å². The third-order valence-electron chi connectivity index (χ3n) is 4.54. The number of carbonyl (C=O) groups excluding carboxylic acids is 2. The zero-order valence-corrected chi connectivity index (χ0v) is 16.9. The smallest absolute Gasteiger partial charge is 0.239 e. The summed E-state index contributed by atoms with van der Waals surface area (Å²) in [5, 5.41) is 2.75. The Kier molecular flexibility index (Phi) is 9.62. The van der Waals surface area contributed by atoms with Crippen molar-refractivity contribution < 1.29 is 14.0 Å². The van der Waals surface area contributed by atoms with Gasteiger partial charge in [0.2, 0.25) is 11.8 Å². The molecule has 0 aliphatic rings. The third kappa shape index (κ3) is 6.62. The maximum Gasteiger partial charge on any atom is 0.239 e. The first-order valence-corrected chi connectivity index (χ1v) is 9.02. The molecular formula is C21H27ClFN3O2. The minimum atomic E-state index is -0.447. The van der Waals surface area contributed by atoms with Crippen LogP contribution in [-0.4, -0.2) is 29.8 Å². The topological polar surface area (TPSA) is 75.4 Å². The number of nitrogens with zero attached hydrogens (tertiary/aromatic N) is 1. The fraction of sp³-hybridized carbons (Fsp3) is 0.333. The standard InChI is InChI=1S/C21H26FN3O2.ClH/c1-3-25(14-19(26)24-13-16-9-11-18(22)12-10-16)21(27)15(2)20(23)17-7-5-4-6-8-17;/h4-12,15,20H,3,13-14,23H2,1-2H3,(H,24,26);1H. The summed E-state index contributed by atoms with van der Waals surface area (Å²) in [4.78, 5) is 26.5. The SMILES string of the molecule is CCN(CC(=O)NCc1ccc(F)cc1)C(=O)C(C)C(N)c1ccccc1.Cl. The second kappa shape index (κ2) is 11.4. The van der Waals surface area contributed by atoms with Crippen LogP contribution in [0.2, 0.25) is 0 Å². The minimum Gasteiger partial charge on any atom is -0.350 e. The predicted molar refractivity (Wildman–Crippen MR) is 110 cm³/mol. The van der Waals surface area contributed by atoms with Crippen molar-refractivity contribution in [1.82, 2.24) is 10.2 Å². The van der Waals surface area contributed by atoms with E-state index in [1.807, 2.05) is 37.3 Å². The summed E-state index contributed by atoms with van der Waals surface area (Å²) in [6, 6.07) is 14.9. The lowest BCUT2D eigenvalue weighted by Gasteiger charge is -2.27. The van der Waals surface area contributed by atoms with Gasteiger partial charge in [0, 0.05) is 19.1 Å². The van der Waals surface area contributed by atoms with Crippen LogP contribution < -0.4 is 11.1 Å². The van der Waals surface area contributed by atoms with Crippen LogP contribution in [-0.2, 0) is 16.1 Å². The molecule has 0 bridgehead atoms. The van der Waals surface area contributed by atoms with Gasteiger partial charge in [-0.25, -0.2) is 4.39 Å². The van der Waals surface area contributed by atoms with Crippen molar-refractivity contribution in [2.75, 3.05) is 13.1 Å². The van der Waals surface area contributed by atoms with Gasteiger partial charge in [0.1, 0.15) is 5.82 Å². The summed E-state index contributed by atoms with van der Waals surface area (Å²) in [5.41, 5.74) is 7.91. The van der Waals surface area contributed by atoms with Crippen molar-refractivity contribution in [2.45, 2.75) is 26.4 Å². The van der Waals surface area contributed by atoms with Crippen LogP contribution in [0.3, 0.4) is 0 Å². The summed E-state index contributed by atoms with van der Waals surface area (Å²) in [5.74, 6) is -1.20. The average molecular weight is 408 g/mol. The number of amides is 2. The Morgan fingerprint density at radius 2 is 1.71 bits per heavy atom. The Bertz CT molecular complexity index is 756. The number of nitrogens with one attached hydrogen (secondary N) is 1. The van der Waals surface area contributed by atoms with Gasteiger partial charge in [-0.2, -0.15) is 0 Å². The molecule has 0 aliphatic heterocycles. The summed E-state index contributed by atoms with van der Waals surface area (Å²) < 4.78 is 12.9. The first-order valence-electron chi connectivity index (χ1n) is 9.02. The molecule has 2 atom stereocenters. The van der Waals surface area contributed by atoms with Gasteiger partial charge in [-0.05, 0) is 30.2 Å². The first kappa shape index (κ1) is 23.6. The fourth-order valence-electron chi connectivity index (χ4n) is 2.78. The number of hydrogen-bond acceptors (Lipinski definition) is 3. The molecule has 0 fully saturated rings. The monoisotopic (exact) mass is 407 g/mol. The van der Waals surface area contributed by atoms with E-state index in [0.29, 0.717) is 6.54 Å². The number of rotatable bonds is 8. The molecule has 2 rings (SSSR count). The fourth-order valence-corrected chi connectivity index (χ4v) is 2.78. The zero-order chi connectivity index (χ0) is 19.8. The number of hydrogen-bond donors (Lipinski definition) is 2. The predicted octanol–water partition coefficient (Wildman–Crippen LogP) is 3.05. The van der Waals surface area contributed by atoms with Gasteiger partial charge in [-0.15, -0.1) is 12.4 Å². The van der Waals surface area contributed by atoms with Gasteiger partial charge in [0.25, 0.3) is 0 Å². The maximum absolute atomic E-state index is 12.9. The molecule has 0 aliphatic carbocycles. The van der Waals surface area contributed by atoms with Crippen LogP contribution in [0, 0.1) is 11.7 Å². The van der Waals surface area contributed by atoms with E-state index >= 15 is 0 Å². The summed E-state index contributed by atoms with van der Waals surface area (Å²) in [7, 11) is 0. The van der Waals surface area contributed by atoms with E-state index in [1.54, 1.807) is 19.1 Å². The molecule has 7 heteroatoms. The lowest BCUT2D eigenvalue weighted by atomic mass is 9.94. The highest BCUT2D eigenvalue weighted by atomic mass is 35.5. The molecule has 0 radical (unpaired) electrons. The molecular weight excluding hydrogens is 381 g/mol. The highest BCUT2D eigenvalue weighted by Crippen LogP contribution is 2.21. The molecule has 152 valence electrons. The van der Waals surface area contributed by atoms with E-state index in [4.69, 9.17) is 5.73 Å². The quantitative estimate of drug-likeness (QED) is 0.706. The molecule has 3 N–H and O–H groups in total. The van der Waals surface area contributed by atoms with Crippen molar-refractivity contribution in [3.8, 4) is 0 Å². The van der Waals surface area contributed by atoms with E-state index in [-0.39, 0.29) is 43.1 Å². The number of carbonyl (C=O) groups is 2. The molecule has 2 amide bonds. The van der Waals surface area contributed by atoms with Crippen molar-refractivity contribution >= 4 is 24.2 Å². The molecule has 28 heavy (non-hydrogen) atoms. The number of halogens is 2. The van der Waals surface area contributed by atoms with E-state index in [2.05, 4.69) is 5.32 Å². The molecule has 2 unspecified atom stereocenters. The number of benzene rings is 2. The highest BCUT2D eigenvalue weighted by Gasteiger charge is 2.27. The van der Waals surface area contributed by atoms with Gasteiger partial charge in [-0.3, -0.25) is 9.59 Å². The third-order valence-corrected chi connectivity index (χ3v) is 4.54. The second-order valence-corrected chi connectivity index (χ2v) is 6.48. The van der Waals surface area contributed by atoms with Crippen molar-refractivity contribution in [3.05, 3.63) is 71.5 Å².